The van der Waals surface area contributed by atoms with Crippen molar-refractivity contribution in [3.63, 3.8) is 0 Å². The van der Waals surface area contributed by atoms with Gasteiger partial charge in [-0.05, 0) is 68.2 Å². The third-order valence-electron chi connectivity index (χ3n) is 5.92. The number of aromatic nitrogens is 2. The number of benzene rings is 2. The number of imidazole rings is 1. The van der Waals surface area contributed by atoms with Gasteiger partial charge in [-0.1, -0.05) is 18.2 Å². The lowest BCUT2D eigenvalue weighted by molar-refractivity contribution is -0.133. The molecule has 0 spiro atoms. The number of likely N-dealkylation sites (tertiary alicyclic amines) is 1. The molecule has 3 aromatic rings. The highest BCUT2D eigenvalue weighted by molar-refractivity contribution is 5.99. The molecule has 1 aliphatic rings. The van der Waals surface area contributed by atoms with Crippen LogP contribution in [-0.4, -0.2) is 45.2 Å². The summed E-state index contributed by atoms with van der Waals surface area (Å²) < 4.78 is 20.9. The number of aliphatic hydroxyl groups is 1. The van der Waals surface area contributed by atoms with Gasteiger partial charge in [0.2, 0.25) is 5.91 Å². The van der Waals surface area contributed by atoms with Crippen LogP contribution in [0.1, 0.15) is 42.6 Å². The highest BCUT2D eigenvalue weighted by Crippen LogP contribution is 2.32. The Hall–Kier alpha value is -3.45. The molecular weight excluding hydrogens is 421 g/mol. The summed E-state index contributed by atoms with van der Waals surface area (Å²) in [7, 11) is 1.61. The number of ether oxygens (including phenoxy) is 1. The molecule has 1 N–H and O–H groups in total. The first-order valence-corrected chi connectivity index (χ1v) is 11.0. The molecule has 1 aliphatic heterocycles. The van der Waals surface area contributed by atoms with E-state index in [0.717, 1.165) is 23.4 Å². The molecule has 1 saturated heterocycles. The van der Waals surface area contributed by atoms with Gasteiger partial charge in [-0.25, -0.2) is 9.37 Å². The van der Waals surface area contributed by atoms with Crippen molar-refractivity contribution >= 4 is 12.0 Å². The van der Waals surface area contributed by atoms with Crippen molar-refractivity contribution in [2.45, 2.75) is 38.8 Å². The van der Waals surface area contributed by atoms with Crippen molar-refractivity contribution in [2.24, 2.45) is 0 Å². The molecule has 172 valence electrons. The van der Waals surface area contributed by atoms with Crippen molar-refractivity contribution < 1.29 is 19.0 Å². The standard InChI is InChI=1S/C26H28FN3O3/c1-17-15-29(16-28-17)23-11-6-19(14-24(23)33-3)13-21-5-4-12-30(26(21)32)25(18(2)31)20-7-9-22(27)10-8-20/h6-11,13-16,18,25,31H,4-5,12H2,1-3H3/b21-13+/t18-,25?/m1/s1. The Bertz CT molecular complexity index is 1170. The molecule has 0 saturated carbocycles. The van der Waals surface area contributed by atoms with Gasteiger partial charge in [-0.3, -0.25) is 4.79 Å². The number of rotatable bonds is 6. The quantitative estimate of drug-likeness (QED) is 0.565. The van der Waals surface area contributed by atoms with Crippen molar-refractivity contribution in [2.75, 3.05) is 13.7 Å². The Morgan fingerprint density at radius 2 is 1.97 bits per heavy atom. The largest absolute Gasteiger partial charge is 0.495 e. The van der Waals surface area contributed by atoms with Crippen molar-refractivity contribution in [3.8, 4) is 11.4 Å². The SMILES string of the molecule is COc1cc(/C=C2\CCCN(C(c3ccc(F)cc3)[C@@H](C)O)C2=O)ccc1-n1cnc(C)c1. The van der Waals surface area contributed by atoms with E-state index in [1.54, 1.807) is 37.4 Å². The fourth-order valence-electron chi connectivity index (χ4n) is 4.36. The van der Waals surface area contributed by atoms with E-state index in [1.807, 2.05) is 42.0 Å². The van der Waals surface area contributed by atoms with Crippen LogP contribution in [-0.2, 0) is 4.79 Å². The average Bonchev–Trinajstić information content (AvgIpc) is 3.23. The first-order chi connectivity index (χ1) is 15.9. The molecule has 0 aliphatic carbocycles. The third-order valence-corrected chi connectivity index (χ3v) is 5.92. The lowest BCUT2D eigenvalue weighted by Crippen LogP contribution is -2.43. The molecular formula is C26H28FN3O3. The van der Waals surface area contributed by atoms with Crippen LogP contribution in [0.5, 0.6) is 5.75 Å². The minimum absolute atomic E-state index is 0.121. The van der Waals surface area contributed by atoms with Crippen LogP contribution in [0.3, 0.4) is 0 Å². The van der Waals surface area contributed by atoms with E-state index < -0.39 is 12.1 Å². The highest BCUT2D eigenvalue weighted by atomic mass is 19.1. The fourth-order valence-corrected chi connectivity index (χ4v) is 4.36. The van der Waals surface area contributed by atoms with Gasteiger partial charge < -0.3 is 19.3 Å². The van der Waals surface area contributed by atoms with E-state index in [9.17, 15) is 14.3 Å². The van der Waals surface area contributed by atoms with Gasteiger partial charge in [0.15, 0.2) is 0 Å². The highest BCUT2D eigenvalue weighted by Gasteiger charge is 2.33. The number of carbonyl (C=O) groups excluding carboxylic acids is 1. The van der Waals surface area contributed by atoms with Crippen LogP contribution >= 0.6 is 0 Å². The lowest BCUT2D eigenvalue weighted by Gasteiger charge is -2.37. The monoisotopic (exact) mass is 449 g/mol. The predicted molar refractivity (Wildman–Crippen MR) is 125 cm³/mol. The second kappa shape index (κ2) is 9.58. The number of aliphatic hydroxyl groups excluding tert-OH is 1. The molecule has 1 fully saturated rings. The Labute approximate surface area is 192 Å². The summed E-state index contributed by atoms with van der Waals surface area (Å²) in [5, 5.41) is 10.5. The van der Waals surface area contributed by atoms with Crippen LogP contribution in [0.15, 0.2) is 60.6 Å². The van der Waals surface area contributed by atoms with Crippen molar-refractivity contribution in [1.82, 2.24) is 14.5 Å². The maximum Gasteiger partial charge on any atom is 0.250 e. The molecule has 33 heavy (non-hydrogen) atoms. The number of halogens is 1. The van der Waals surface area contributed by atoms with Gasteiger partial charge in [0.25, 0.3) is 0 Å². The number of amides is 1. The van der Waals surface area contributed by atoms with Gasteiger partial charge in [-0.15, -0.1) is 0 Å². The topological polar surface area (TPSA) is 67.6 Å². The second-order valence-electron chi connectivity index (χ2n) is 8.36. The Balaban J connectivity index is 1.63. The van der Waals surface area contributed by atoms with E-state index in [1.165, 1.54) is 12.1 Å². The van der Waals surface area contributed by atoms with Gasteiger partial charge >= 0.3 is 0 Å². The zero-order valence-electron chi connectivity index (χ0n) is 19.0. The summed E-state index contributed by atoms with van der Waals surface area (Å²) in [6.07, 6.45) is 6.17. The van der Waals surface area contributed by atoms with Gasteiger partial charge in [0, 0.05) is 18.3 Å². The maximum atomic E-state index is 13.4. The summed E-state index contributed by atoms with van der Waals surface area (Å²) in [5.74, 6) is 0.205. The molecule has 2 atom stereocenters. The molecule has 0 bridgehead atoms. The molecule has 6 nitrogen and oxygen atoms in total. The molecule has 1 amide bonds. The number of carbonyl (C=O) groups is 1. The van der Waals surface area contributed by atoms with Gasteiger partial charge in [0.05, 0.1) is 37.0 Å². The average molecular weight is 450 g/mol. The van der Waals surface area contributed by atoms with Crippen LogP contribution < -0.4 is 4.74 Å². The zero-order chi connectivity index (χ0) is 23.5. The zero-order valence-corrected chi connectivity index (χ0v) is 19.0. The fraction of sp³-hybridized carbons (Fsp3) is 0.308. The Kier molecular flexibility index (Phi) is 6.60. The smallest absolute Gasteiger partial charge is 0.250 e. The van der Waals surface area contributed by atoms with Crippen molar-refractivity contribution in [3.05, 3.63) is 83.2 Å². The summed E-state index contributed by atoms with van der Waals surface area (Å²) in [6, 6.07) is 11.2. The van der Waals surface area contributed by atoms with Gasteiger partial charge in [0.1, 0.15) is 11.6 Å². The van der Waals surface area contributed by atoms with Crippen LogP contribution in [0.2, 0.25) is 0 Å². The maximum absolute atomic E-state index is 13.4. The molecule has 2 aromatic carbocycles. The second-order valence-corrected chi connectivity index (χ2v) is 8.36. The molecule has 7 heteroatoms. The van der Waals surface area contributed by atoms with E-state index in [2.05, 4.69) is 4.98 Å². The van der Waals surface area contributed by atoms with Crippen molar-refractivity contribution in [1.29, 1.82) is 0 Å². The van der Waals surface area contributed by atoms with Gasteiger partial charge in [-0.2, -0.15) is 0 Å². The summed E-state index contributed by atoms with van der Waals surface area (Å²) in [5.41, 5.74) is 4.00. The molecule has 1 aromatic heterocycles. The van der Waals surface area contributed by atoms with Crippen LogP contribution in [0.4, 0.5) is 4.39 Å². The minimum Gasteiger partial charge on any atom is -0.495 e. The van der Waals surface area contributed by atoms with Crippen LogP contribution in [0.25, 0.3) is 11.8 Å². The lowest BCUT2D eigenvalue weighted by atomic mass is 9.94. The first kappa shape index (κ1) is 22.7. The molecule has 1 unspecified atom stereocenters. The first-order valence-electron chi connectivity index (χ1n) is 11.0. The minimum atomic E-state index is -0.795. The normalized spacial score (nSPS) is 17.3. The number of methoxy groups -OCH3 is 1. The Morgan fingerprint density at radius 1 is 1.21 bits per heavy atom. The van der Waals surface area contributed by atoms with Crippen LogP contribution in [0, 0.1) is 12.7 Å². The summed E-state index contributed by atoms with van der Waals surface area (Å²) in [6.45, 7) is 4.11. The van der Waals surface area contributed by atoms with E-state index >= 15 is 0 Å². The molecule has 4 rings (SSSR count). The number of hydrogen-bond donors (Lipinski definition) is 1. The van der Waals surface area contributed by atoms with E-state index in [4.69, 9.17) is 4.74 Å². The number of piperidine rings is 1. The Morgan fingerprint density at radius 3 is 2.61 bits per heavy atom. The van der Waals surface area contributed by atoms with E-state index in [0.29, 0.717) is 29.9 Å². The third kappa shape index (κ3) is 4.83. The number of hydrogen-bond acceptors (Lipinski definition) is 4. The summed E-state index contributed by atoms with van der Waals surface area (Å²) in [4.78, 5) is 19.3. The predicted octanol–water partition coefficient (Wildman–Crippen LogP) is 4.46. The number of nitrogens with zero attached hydrogens (tertiary/aromatic N) is 3. The number of aryl methyl sites for hydroxylation is 1. The van der Waals surface area contributed by atoms with E-state index in [-0.39, 0.29) is 11.7 Å². The molecule has 0 radical (unpaired) electrons. The summed E-state index contributed by atoms with van der Waals surface area (Å²) >= 11 is 0. The molecule has 2 heterocycles.